The van der Waals surface area contributed by atoms with E-state index in [1.807, 2.05) is 0 Å². The van der Waals surface area contributed by atoms with Crippen molar-refractivity contribution in [1.82, 2.24) is 19.4 Å². The lowest BCUT2D eigenvalue weighted by molar-refractivity contribution is -0.186. The molecule has 1 aromatic heterocycles. The van der Waals surface area contributed by atoms with Gasteiger partial charge in [-0.05, 0) is 30.7 Å². The van der Waals surface area contributed by atoms with Crippen LogP contribution in [-0.2, 0) is 16.0 Å². The molecule has 0 saturated carbocycles. The molecule has 1 fully saturated rings. The number of rotatable bonds is 4. The Kier molecular flexibility index (Phi) is 6.61. The molecule has 0 radical (unpaired) electrons. The van der Waals surface area contributed by atoms with E-state index in [0.29, 0.717) is 10.6 Å². The number of piperazine rings is 1. The predicted octanol–water partition coefficient (Wildman–Crippen LogP) is 1.60. The number of amides is 3. The van der Waals surface area contributed by atoms with Crippen LogP contribution < -0.4 is 11.0 Å². The van der Waals surface area contributed by atoms with Crippen molar-refractivity contribution < 1.29 is 27.6 Å². The number of urea groups is 1. The molecule has 9 nitrogen and oxygen atoms in total. The summed E-state index contributed by atoms with van der Waals surface area (Å²) < 4.78 is 38.8. The number of carbonyl (C=O) groups is 3. The summed E-state index contributed by atoms with van der Waals surface area (Å²) in [4.78, 5) is 52.8. The number of anilines is 1. The number of nitrogens with zero attached hydrogens (tertiary/aromatic N) is 4. The number of alkyl halides is 3. The van der Waals surface area contributed by atoms with Crippen molar-refractivity contribution in [1.29, 1.82) is 0 Å². The number of Topliss-reactive ketones (excluding diaryl/α,β-unsaturated/α-hetero) is 1. The highest BCUT2D eigenvalue weighted by molar-refractivity contribution is 5.88. The van der Waals surface area contributed by atoms with Gasteiger partial charge >= 0.3 is 23.8 Å². The standard InChI is InChI=1S/C20H20F3N5O4/c1-13(29)12-14-2-4-15(5-3-14)28-7-6-16(25-19(28)32)24-18(31)27-10-8-26(9-11-27)17(30)20(21,22)23/h2-7H,8-12H2,1H3,(H,24,25,31,32). The molecule has 170 valence electrons. The first kappa shape index (κ1) is 23.0. The lowest BCUT2D eigenvalue weighted by atomic mass is 10.1. The molecule has 0 atom stereocenters. The lowest BCUT2D eigenvalue weighted by Gasteiger charge is -2.34. The molecule has 2 aromatic rings. The highest BCUT2D eigenvalue weighted by atomic mass is 19.4. The van der Waals surface area contributed by atoms with E-state index in [1.165, 1.54) is 28.7 Å². The molecule has 32 heavy (non-hydrogen) atoms. The van der Waals surface area contributed by atoms with Gasteiger partial charge in [0.1, 0.15) is 11.6 Å². The van der Waals surface area contributed by atoms with Crippen LogP contribution in [0.25, 0.3) is 5.69 Å². The highest BCUT2D eigenvalue weighted by Crippen LogP contribution is 2.19. The van der Waals surface area contributed by atoms with Crippen molar-refractivity contribution in [3.05, 3.63) is 52.6 Å². The predicted molar refractivity (Wildman–Crippen MR) is 107 cm³/mol. The van der Waals surface area contributed by atoms with E-state index in [-0.39, 0.29) is 44.2 Å². The van der Waals surface area contributed by atoms with Gasteiger partial charge in [0.15, 0.2) is 0 Å². The Morgan fingerprint density at radius 3 is 2.12 bits per heavy atom. The first-order valence-electron chi connectivity index (χ1n) is 9.65. The summed E-state index contributed by atoms with van der Waals surface area (Å²) in [5.74, 6) is -1.93. The average Bonchev–Trinajstić information content (AvgIpc) is 2.73. The minimum Gasteiger partial charge on any atom is -0.331 e. The van der Waals surface area contributed by atoms with E-state index in [1.54, 1.807) is 24.3 Å². The molecule has 1 aliphatic rings. The van der Waals surface area contributed by atoms with Gasteiger partial charge in [-0.1, -0.05) is 12.1 Å². The second-order valence-electron chi connectivity index (χ2n) is 7.22. The minimum absolute atomic E-state index is 0.0155. The molecule has 0 unspecified atom stereocenters. The first-order valence-corrected chi connectivity index (χ1v) is 9.65. The van der Waals surface area contributed by atoms with E-state index in [2.05, 4.69) is 10.3 Å². The van der Waals surface area contributed by atoms with Gasteiger partial charge in [-0.15, -0.1) is 0 Å². The summed E-state index contributed by atoms with van der Waals surface area (Å²) >= 11 is 0. The summed E-state index contributed by atoms with van der Waals surface area (Å²) in [6, 6.07) is 7.56. The molecule has 0 spiro atoms. The maximum atomic E-state index is 12.5. The van der Waals surface area contributed by atoms with Gasteiger partial charge < -0.3 is 9.80 Å². The topological polar surface area (TPSA) is 105 Å². The molecule has 1 aromatic carbocycles. The van der Waals surface area contributed by atoms with Crippen molar-refractivity contribution in [2.45, 2.75) is 19.5 Å². The first-order chi connectivity index (χ1) is 15.0. The quantitative estimate of drug-likeness (QED) is 0.761. The Morgan fingerprint density at radius 1 is 1.00 bits per heavy atom. The summed E-state index contributed by atoms with van der Waals surface area (Å²) in [5.41, 5.74) is 0.684. The van der Waals surface area contributed by atoms with E-state index < -0.39 is 23.8 Å². The van der Waals surface area contributed by atoms with E-state index in [9.17, 15) is 32.3 Å². The third kappa shape index (κ3) is 5.50. The van der Waals surface area contributed by atoms with Crippen LogP contribution in [0, 0.1) is 0 Å². The molecule has 12 heteroatoms. The number of carbonyl (C=O) groups excluding carboxylic acids is 3. The van der Waals surface area contributed by atoms with Crippen LogP contribution >= 0.6 is 0 Å². The fraction of sp³-hybridized carbons (Fsp3) is 0.350. The number of aromatic nitrogens is 2. The van der Waals surface area contributed by atoms with Gasteiger partial charge in [0.2, 0.25) is 0 Å². The Bertz CT molecular complexity index is 1070. The van der Waals surface area contributed by atoms with Crippen LogP contribution in [0.15, 0.2) is 41.3 Å². The smallest absolute Gasteiger partial charge is 0.331 e. The molecular weight excluding hydrogens is 431 g/mol. The normalized spacial score (nSPS) is 14.2. The summed E-state index contributed by atoms with van der Waals surface area (Å²) in [6.45, 7) is 0.812. The molecule has 1 aliphatic heterocycles. The molecule has 1 saturated heterocycles. The van der Waals surface area contributed by atoms with Gasteiger partial charge in [0.05, 0.1) is 5.69 Å². The minimum atomic E-state index is -4.95. The Morgan fingerprint density at radius 2 is 1.59 bits per heavy atom. The van der Waals surface area contributed by atoms with Gasteiger partial charge in [-0.3, -0.25) is 19.5 Å². The van der Waals surface area contributed by atoms with Crippen LogP contribution in [0.4, 0.5) is 23.8 Å². The van der Waals surface area contributed by atoms with E-state index in [4.69, 9.17) is 0 Å². The maximum absolute atomic E-state index is 12.5. The van der Waals surface area contributed by atoms with E-state index >= 15 is 0 Å². The zero-order chi connectivity index (χ0) is 23.5. The second kappa shape index (κ2) is 9.20. The summed E-state index contributed by atoms with van der Waals surface area (Å²) in [6.07, 6.45) is -3.24. The van der Waals surface area contributed by atoms with Gasteiger partial charge in [0.25, 0.3) is 0 Å². The van der Waals surface area contributed by atoms with Crippen molar-refractivity contribution in [2.24, 2.45) is 0 Å². The Labute approximate surface area is 180 Å². The lowest BCUT2D eigenvalue weighted by Crippen LogP contribution is -2.54. The molecule has 2 heterocycles. The molecule has 1 N–H and O–H groups in total. The number of ketones is 1. The third-order valence-electron chi connectivity index (χ3n) is 4.80. The van der Waals surface area contributed by atoms with Crippen LogP contribution in [0.2, 0.25) is 0 Å². The zero-order valence-corrected chi connectivity index (χ0v) is 17.1. The van der Waals surface area contributed by atoms with Crippen molar-refractivity contribution in [2.75, 3.05) is 31.5 Å². The number of hydrogen-bond acceptors (Lipinski definition) is 5. The SMILES string of the molecule is CC(=O)Cc1ccc(-n2ccc(NC(=O)N3CCN(C(=O)C(F)(F)F)CC3)nc2=O)cc1. The van der Waals surface area contributed by atoms with E-state index in [0.717, 1.165) is 5.56 Å². The largest absolute Gasteiger partial charge is 0.471 e. The van der Waals surface area contributed by atoms with Crippen LogP contribution in [0.5, 0.6) is 0 Å². The maximum Gasteiger partial charge on any atom is 0.471 e. The van der Waals surface area contributed by atoms with Crippen LogP contribution in [0.3, 0.4) is 0 Å². The van der Waals surface area contributed by atoms with Crippen molar-refractivity contribution in [3.63, 3.8) is 0 Å². The molecule has 3 rings (SSSR count). The fourth-order valence-corrected chi connectivity index (χ4v) is 3.21. The Balaban J connectivity index is 1.61. The van der Waals surface area contributed by atoms with Crippen molar-refractivity contribution >= 4 is 23.5 Å². The van der Waals surface area contributed by atoms with Gasteiger partial charge in [-0.25, -0.2) is 9.59 Å². The fourth-order valence-electron chi connectivity index (χ4n) is 3.21. The summed E-state index contributed by atoms with van der Waals surface area (Å²) in [5, 5.41) is 2.44. The molecule has 0 aliphatic carbocycles. The number of halogens is 3. The average molecular weight is 451 g/mol. The summed E-state index contributed by atoms with van der Waals surface area (Å²) in [7, 11) is 0. The number of benzene rings is 1. The third-order valence-corrected chi connectivity index (χ3v) is 4.80. The Hall–Kier alpha value is -3.70. The monoisotopic (exact) mass is 451 g/mol. The van der Waals surface area contributed by atoms with Gasteiger partial charge in [0, 0.05) is 38.8 Å². The molecule has 3 amide bonds. The second-order valence-corrected chi connectivity index (χ2v) is 7.22. The molecular formula is C20H20F3N5O4. The molecule has 0 bridgehead atoms. The number of hydrogen-bond donors (Lipinski definition) is 1. The zero-order valence-electron chi connectivity index (χ0n) is 17.1. The van der Waals surface area contributed by atoms with Crippen molar-refractivity contribution in [3.8, 4) is 5.69 Å². The van der Waals surface area contributed by atoms with Crippen LogP contribution in [-0.4, -0.2) is 69.4 Å². The van der Waals surface area contributed by atoms with Crippen LogP contribution in [0.1, 0.15) is 12.5 Å². The highest BCUT2D eigenvalue weighted by Gasteiger charge is 2.43. The van der Waals surface area contributed by atoms with Gasteiger partial charge in [-0.2, -0.15) is 18.2 Å². The number of nitrogens with one attached hydrogen (secondary N) is 1.